The molecule has 1 atom stereocenters. The van der Waals surface area contributed by atoms with E-state index in [4.69, 9.17) is 0 Å². The second kappa shape index (κ2) is 6.09. The number of hydrogen-bond acceptors (Lipinski definition) is 4. The maximum Gasteiger partial charge on any atom is 0.0669 e. The quantitative estimate of drug-likeness (QED) is 0.789. The van der Waals surface area contributed by atoms with Crippen molar-refractivity contribution in [2.45, 2.75) is 39.2 Å². The van der Waals surface area contributed by atoms with Crippen molar-refractivity contribution in [3.63, 3.8) is 0 Å². The number of nitrogens with zero attached hydrogens (tertiary/aromatic N) is 2. The van der Waals surface area contributed by atoms with Gasteiger partial charge in [0.15, 0.2) is 0 Å². The molecule has 1 aromatic rings. The van der Waals surface area contributed by atoms with Crippen LogP contribution in [0.2, 0.25) is 0 Å². The van der Waals surface area contributed by atoms with E-state index in [-0.39, 0.29) is 0 Å². The number of hydrogen-bond donors (Lipinski definition) is 1. The lowest BCUT2D eigenvalue weighted by atomic mass is 10.0. The zero-order valence-corrected chi connectivity index (χ0v) is 9.97. The Labute approximate surface area is 90.1 Å². The first-order chi connectivity index (χ1) is 6.74. The number of rotatable bonds is 6. The average Bonchev–Trinajstić information content (AvgIpc) is 2.64. The van der Waals surface area contributed by atoms with E-state index < -0.39 is 0 Å². The molecular formula is C10H19N3S. The van der Waals surface area contributed by atoms with Crippen LogP contribution in [0.25, 0.3) is 0 Å². The molecule has 0 aliphatic heterocycles. The van der Waals surface area contributed by atoms with Crippen molar-refractivity contribution in [1.29, 1.82) is 0 Å². The van der Waals surface area contributed by atoms with Crippen molar-refractivity contribution in [2.75, 3.05) is 7.05 Å². The summed E-state index contributed by atoms with van der Waals surface area (Å²) in [5.41, 5.74) is 0. The topological polar surface area (TPSA) is 37.8 Å². The van der Waals surface area contributed by atoms with Crippen LogP contribution in [-0.2, 0) is 0 Å². The third-order valence-electron chi connectivity index (χ3n) is 2.34. The highest BCUT2D eigenvalue weighted by Crippen LogP contribution is 2.21. The van der Waals surface area contributed by atoms with Gasteiger partial charge in [-0.2, -0.15) is 0 Å². The van der Waals surface area contributed by atoms with Crippen molar-refractivity contribution in [1.82, 2.24) is 14.9 Å². The summed E-state index contributed by atoms with van der Waals surface area (Å²) < 4.78 is 3.89. The molecule has 0 radical (unpaired) electrons. The summed E-state index contributed by atoms with van der Waals surface area (Å²) in [6.07, 6.45) is 5.60. The minimum Gasteiger partial charge on any atom is -0.312 e. The molecule has 0 saturated heterocycles. The van der Waals surface area contributed by atoms with Crippen LogP contribution >= 0.6 is 11.5 Å². The Morgan fingerprint density at radius 2 is 2.21 bits per heavy atom. The summed E-state index contributed by atoms with van der Waals surface area (Å²) in [7, 11) is 2.00. The highest BCUT2D eigenvalue weighted by atomic mass is 32.1. The van der Waals surface area contributed by atoms with Crippen molar-refractivity contribution in [2.24, 2.45) is 5.92 Å². The minimum atomic E-state index is 0.439. The molecule has 1 N–H and O–H groups in total. The van der Waals surface area contributed by atoms with Gasteiger partial charge in [-0.05, 0) is 30.9 Å². The number of aromatic nitrogens is 2. The van der Waals surface area contributed by atoms with Gasteiger partial charge >= 0.3 is 0 Å². The molecule has 0 aromatic carbocycles. The van der Waals surface area contributed by atoms with Gasteiger partial charge in [0.05, 0.1) is 11.1 Å². The first kappa shape index (κ1) is 11.6. The molecule has 1 aromatic heterocycles. The lowest BCUT2D eigenvalue weighted by Crippen LogP contribution is -2.15. The van der Waals surface area contributed by atoms with E-state index in [9.17, 15) is 0 Å². The van der Waals surface area contributed by atoms with E-state index in [2.05, 4.69) is 28.8 Å². The molecule has 0 bridgehead atoms. The molecule has 0 aliphatic carbocycles. The molecule has 1 heterocycles. The highest BCUT2D eigenvalue weighted by Gasteiger charge is 2.11. The van der Waals surface area contributed by atoms with E-state index >= 15 is 0 Å². The Kier molecular flexibility index (Phi) is 5.04. The van der Waals surface area contributed by atoms with E-state index in [0.29, 0.717) is 6.04 Å². The van der Waals surface area contributed by atoms with Crippen molar-refractivity contribution in [3.8, 4) is 0 Å². The average molecular weight is 213 g/mol. The molecule has 0 fully saturated rings. The summed E-state index contributed by atoms with van der Waals surface area (Å²) in [6, 6.07) is 0.439. The molecule has 4 heteroatoms. The van der Waals surface area contributed by atoms with E-state index in [1.807, 2.05) is 13.2 Å². The van der Waals surface area contributed by atoms with Gasteiger partial charge in [-0.1, -0.05) is 31.2 Å². The van der Waals surface area contributed by atoms with E-state index in [0.717, 1.165) is 5.92 Å². The zero-order chi connectivity index (χ0) is 10.4. The first-order valence-corrected chi connectivity index (χ1v) is 5.96. The van der Waals surface area contributed by atoms with Gasteiger partial charge in [-0.25, -0.2) is 0 Å². The molecule has 14 heavy (non-hydrogen) atoms. The fourth-order valence-electron chi connectivity index (χ4n) is 1.49. The van der Waals surface area contributed by atoms with E-state index in [1.54, 1.807) is 0 Å². The summed E-state index contributed by atoms with van der Waals surface area (Å²) in [5.74, 6) is 0.798. The van der Waals surface area contributed by atoms with Gasteiger partial charge in [-0.15, -0.1) is 5.10 Å². The lowest BCUT2D eigenvalue weighted by molar-refractivity contribution is 0.474. The van der Waals surface area contributed by atoms with Crippen LogP contribution in [0.5, 0.6) is 0 Å². The summed E-state index contributed by atoms with van der Waals surface area (Å²) >= 11 is 1.49. The Hall–Kier alpha value is -0.480. The first-order valence-electron chi connectivity index (χ1n) is 5.18. The lowest BCUT2D eigenvalue weighted by Gasteiger charge is -2.13. The Bertz CT molecular complexity index is 234. The van der Waals surface area contributed by atoms with Crippen molar-refractivity contribution < 1.29 is 0 Å². The van der Waals surface area contributed by atoms with Gasteiger partial charge < -0.3 is 5.32 Å². The standard InChI is InChI=1S/C10H19N3S/c1-8(2)5-4-6-9(11-3)10-7-12-13-14-10/h7-9,11H,4-6H2,1-3H3. The van der Waals surface area contributed by atoms with Gasteiger partial charge in [0.2, 0.25) is 0 Å². The zero-order valence-electron chi connectivity index (χ0n) is 9.16. The predicted octanol–water partition coefficient (Wildman–Crippen LogP) is 2.62. The van der Waals surface area contributed by atoms with Crippen LogP contribution < -0.4 is 5.32 Å². The van der Waals surface area contributed by atoms with Crippen LogP contribution in [0.15, 0.2) is 6.20 Å². The summed E-state index contributed by atoms with van der Waals surface area (Å²) in [6.45, 7) is 4.53. The van der Waals surface area contributed by atoms with Crippen LogP contribution in [0, 0.1) is 5.92 Å². The van der Waals surface area contributed by atoms with Crippen LogP contribution in [-0.4, -0.2) is 16.6 Å². The molecule has 0 spiro atoms. The maximum atomic E-state index is 3.89. The molecule has 1 unspecified atom stereocenters. The maximum absolute atomic E-state index is 3.89. The van der Waals surface area contributed by atoms with Gasteiger partial charge in [0.1, 0.15) is 0 Å². The molecule has 1 rings (SSSR count). The third kappa shape index (κ3) is 3.72. The SMILES string of the molecule is CNC(CCCC(C)C)c1cnns1. The second-order valence-corrected chi connectivity index (χ2v) is 4.80. The third-order valence-corrected chi connectivity index (χ3v) is 3.12. The summed E-state index contributed by atoms with van der Waals surface area (Å²) in [4.78, 5) is 1.25. The van der Waals surface area contributed by atoms with Crippen LogP contribution in [0.4, 0.5) is 0 Å². The Morgan fingerprint density at radius 1 is 1.43 bits per heavy atom. The molecule has 0 amide bonds. The van der Waals surface area contributed by atoms with Crippen LogP contribution in [0.1, 0.15) is 44.0 Å². The van der Waals surface area contributed by atoms with Crippen molar-refractivity contribution in [3.05, 3.63) is 11.1 Å². The van der Waals surface area contributed by atoms with Gasteiger partial charge in [0, 0.05) is 6.04 Å². The molecule has 0 aliphatic rings. The fraction of sp³-hybridized carbons (Fsp3) is 0.800. The molecule has 80 valence electrons. The predicted molar refractivity (Wildman–Crippen MR) is 60.4 cm³/mol. The largest absolute Gasteiger partial charge is 0.312 e. The fourth-order valence-corrected chi connectivity index (χ4v) is 2.13. The van der Waals surface area contributed by atoms with Gasteiger partial charge in [-0.3, -0.25) is 0 Å². The molecule has 3 nitrogen and oxygen atoms in total. The smallest absolute Gasteiger partial charge is 0.0669 e. The monoisotopic (exact) mass is 213 g/mol. The molecule has 0 saturated carbocycles. The number of nitrogens with one attached hydrogen (secondary N) is 1. The molecular weight excluding hydrogens is 194 g/mol. The van der Waals surface area contributed by atoms with Crippen LogP contribution in [0.3, 0.4) is 0 Å². The second-order valence-electron chi connectivity index (χ2n) is 3.99. The van der Waals surface area contributed by atoms with Gasteiger partial charge in [0.25, 0.3) is 0 Å². The van der Waals surface area contributed by atoms with E-state index in [1.165, 1.54) is 35.7 Å². The highest BCUT2D eigenvalue weighted by molar-refractivity contribution is 7.05. The Balaban J connectivity index is 2.33. The minimum absolute atomic E-state index is 0.439. The summed E-state index contributed by atoms with van der Waals surface area (Å²) in [5, 5.41) is 7.17. The Morgan fingerprint density at radius 3 is 2.71 bits per heavy atom. The normalized spacial score (nSPS) is 13.4. The van der Waals surface area contributed by atoms with Crippen molar-refractivity contribution >= 4 is 11.5 Å².